The smallest absolute Gasteiger partial charge is 0.328 e. The maximum atomic E-state index is 12.7. The van der Waals surface area contributed by atoms with Gasteiger partial charge < -0.3 is 10.6 Å². The second-order valence-corrected chi connectivity index (χ2v) is 7.75. The van der Waals surface area contributed by atoms with Crippen molar-refractivity contribution in [2.45, 2.75) is 37.8 Å². The lowest BCUT2D eigenvalue weighted by atomic mass is 9.91. The lowest BCUT2D eigenvalue weighted by Gasteiger charge is -2.30. The molecule has 0 radical (unpaired) electrons. The van der Waals surface area contributed by atoms with Gasteiger partial charge in [-0.15, -0.1) is 12.4 Å². The molecule has 3 aromatic heterocycles. The molecule has 166 valence electrons. The summed E-state index contributed by atoms with van der Waals surface area (Å²) >= 11 is 0. The lowest BCUT2D eigenvalue weighted by molar-refractivity contribution is 0.234. The number of carbonyl (C=O) groups excluding carboxylic acids is 1. The molecule has 0 atom stereocenters. The molecule has 1 amide bonds. The predicted octanol–water partition coefficient (Wildman–Crippen LogP) is 2.36. The molecule has 32 heavy (non-hydrogen) atoms. The number of aromatic amines is 2. The number of fused-ring (bicyclic) bond motifs is 2. The Hall–Kier alpha value is -3.66. The van der Waals surface area contributed by atoms with Crippen molar-refractivity contribution in [1.82, 2.24) is 29.8 Å². The summed E-state index contributed by atoms with van der Waals surface area (Å²) in [7, 11) is 0. The molecule has 1 aliphatic rings. The van der Waals surface area contributed by atoms with Crippen molar-refractivity contribution in [3.05, 3.63) is 63.6 Å². The van der Waals surface area contributed by atoms with Gasteiger partial charge in [-0.05, 0) is 43.9 Å². The summed E-state index contributed by atoms with van der Waals surface area (Å²) in [4.78, 5) is 49.1. The molecule has 0 aliphatic heterocycles. The van der Waals surface area contributed by atoms with Crippen LogP contribution in [-0.2, 0) is 0 Å². The fourth-order valence-electron chi connectivity index (χ4n) is 4.07. The van der Waals surface area contributed by atoms with Crippen molar-refractivity contribution in [1.29, 1.82) is 0 Å². The van der Waals surface area contributed by atoms with E-state index < -0.39 is 17.3 Å². The first kappa shape index (κ1) is 21.6. The maximum Gasteiger partial charge on any atom is 0.328 e. The van der Waals surface area contributed by atoms with E-state index in [4.69, 9.17) is 0 Å². The minimum absolute atomic E-state index is 0. The number of aromatic nitrogens is 5. The second kappa shape index (κ2) is 8.83. The SMILES string of the molecule is Cl.O=C(NC1CCC(Nc2ccc3ccccc3n2)CC1)n1cnc2c(=O)[nH]c(=O)[nH]c21. The van der Waals surface area contributed by atoms with Gasteiger partial charge in [-0.2, -0.15) is 0 Å². The average Bonchev–Trinajstić information content (AvgIpc) is 3.19. The maximum absolute atomic E-state index is 12.7. The van der Waals surface area contributed by atoms with E-state index in [0.717, 1.165) is 47.0 Å². The number of benzene rings is 1. The van der Waals surface area contributed by atoms with Gasteiger partial charge in [-0.3, -0.25) is 14.8 Å². The number of anilines is 1. The van der Waals surface area contributed by atoms with Crippen LogP contribution in [0.3, 0.4) is 0 Å². The van der Waals surface area contributed by atoms with Crippen LogP contribution < -0.4 is 21.9 Å². The van der Waals surface area contributed by atoms with Gasteiger partial charge in [-0.25, -0.2) is 24.1 Å². The summed E-state index contributed by atoms with van der Waals surface area (Å²) < 4.78 is 1.16. The molecule has 0 spiro atoms. The summed E-state index contributed by atoms with van der Waals surface area (Å²) in [6.45, 7) is 0. The first-order valence-corrected chi connectivity index (χ1v) is 10.2. The third-order valence-electron chi connectivity index (χ3n) is 5.67. The minimum atomic E-state index is -0.680. The molecule has 10 nitrogen and oxygen atoms in total. The number of nitrogens with one attached hydrogen (secondary N) is 4. The molecule has 3 heterocycles. The molecular weight excluding hydrogens is 434 g/mol. The van der Waals surface area contributed by atoms with E-state index in [1.165, 1.54) is 6.33 Å². The number of carbonyl (C=O) groups is 1. The number of pyridine rings is 1. The fourth-order valence-corrected chi connectivity index (χ4v) is 4.07. The zero-order chi connectivity index (χ0) is 21.4. The van der Waals surface area contributed by atoms with Crippen LogP contribution in [0, 0.1) is 0 Å². The van der Waals surface area contributed by atoms with Crippen molar-refractivity contribution in [3.63, 3.8) is 0 Å². The Kier molecular flexibility index (Phi) is 5.95. The van der Waals surface area contributed by atoms with Crippen LogP contribution in [0.25, 0.3) is 22.1 Å². The van der Waals surface area contributed by atoms with Crippen LogP contribution in [0.4, 0.5) is 10.6 Å². The van der Waals surface area contributed by atoms with E-state index >= 15 is 0 Å². The second-order valence-electron chi connectivity index (χ2n) is 7.75. The number of halogens is 1. The van der Waals surface area contributed by atoms with E-state index in [0.29, 0.717) is 0 Å². The normalized spacial score (nSPS) is 18.2. The van der Waals surface area contributed by atoms with Crippen LogP contribution in [0.5, 0.6) is 0 Å². The minimum Gasteiger partial charge on any atom is -0.367 e. The first-order valence-electron chi connectivity index (χ1n) is 10.2. The molecule has 1 aliphatic carbocycles. The average molecular weight is 456 g/mol. The Labute approximate surface area is 187 Å². The predicted molar refractivity (Wildman–Crippen MR) is 124 cm³/mol. The summed E-state index contributed by atoms with van der Waals surface area (Å²) in [6.07, 6.45) is 4.63. The van der Waals surface area contributed by atoms with Crippen molar-refractivity contribution in [2.24, 2.45) is 0 Å². The highest BCUT2D eigenvalue weighted by Gasteiger charge is 2.24. The fraction of sp³-hybridized carbons (Fsp3) is 0.286. The highest BCUT2D eigenvalue weighted by molar-refractivity contribution is 5.86. The molecule has 1 fully saturated rings. The number of para-hydroxylation sites is 1. The van der Waals surface area contributed by atoms with Gasteiger partial charge >= 0.3 is 11.7 Å². The summed E-state index contributed by atoms with van der Waals surface area (Å²) in [6, 6.07) is 11.9. The molecule has 4 aromatic rings. The molecule has 0 saturated heterocycles. The monoisotopic (exact) mass is 455 g/mol. The van der Waals surface area contributed by atoms with Crippen LogP contribution in [-0.4, -0.2) is 42.6 Å². The number of H-pyrrole nitrogens is 2. The Bertz CT molecular complexity index is 1390. The standard InChI is InChI=1S/C21H21N7O3.ClH/c29-19-17-18(26-20(30)27-19)28(11-22-17)21(31)24-14-8-6-13(7-9-14)23-16-10-5-12-3-1-2-4-15(12)25-16;/h1-5,10-11,13-14H,6-9H2,(H,23,25)(H,24,31)(H2,26,27,29,30);1H. The van der Waals surface area contributed by atoms with Gasteiger partial charge in [0, 0.05) is 17.5 Å². The van der Waals surface area contributed by atoms with Gasteiger partial charge in [0.25, 0.3) is 5.56 Å². The van der Waals surface area contributed by atoms with Gasteiger partial charge in [0.2, 0.25) is 0 Å². The van der Waals surface area contributed by atoms with Gasteiger partial charge in [0.05, 0.1) is 5.52 Å². The molecule has 0 bridgehead atoms. The molecule has 4 N–H and O–H groups in total. The topological polar surface area (TPSA) is 138 Å². The first-order chi connectivity index (χ1) is 15.1. The molecule has 1 saturated carbocycles. The van der Waals surface area contributed by atoms with E-state index in [9.17, 15) is 14.4 Å². The molecule has 1 aromatic carbocycles. The summed E-state index contributed by atoms with van der Waals surface area (Å²) in [5, 5.41) is 7.57. The summed E-state index contributed by atoms with van der Waals surface area (Å²) in [5.41, 5.74) is -0.243. The zero-order valence-corrected chi connectivity index (χ0v) is 17.8. The third-order valence-corrected chi connectivity index (χ3v) is 5.67. The highest BCUT2D eigenvalue weighted by atomic mass is 35.5. The van der Waals surface area contributed by atoms with Crippen molar-refractivity contribution >= 4 is 46.3 Å². The highest BCUT2D eigenvalue weighted by Crippen LogP contribution is 2.23. The quantitative estimate of drug-likeness (QED) is 0.374. The van der Waals surface area contributed by atoms with Crippen LogP contribution in [0.2, 0.25) is 0 Å². The van der Waals surface area contributed by atoms with Crippen molar-refractivity contribution in [3.8, 4) is 0 Å². The lowest BCUT2D eigenvalue weighted by Crippen LogP contribution is -2.42. The van der Waals surface area contributed by atoms with E-state index in [-0.39, 0.29) is 35.7 Å². The van der Waals surface area contributed by atoms with Crippen molar-refractivity contribution < 1.29 is 4.79 Å². The molecular formula is C21H22ClN7O3. The van der Waals surface area contributed by atoms with Crippen LogP contribution in [0.15, 0.2) is 52.3 Å². The Morgan fingerprint density at radius 2 is 1.75 bits per heavy atom. The van der Waals surface area contributed by atoms with Crippen molar-refractivity contribution in [2.75, 3.05) is 5.32 Å². The zero-order valence-electron chi connectivity index (χ0n) is 17.0. The van der Waals surface area contributed by atoms with E-state index in [1.807, 2.05) is 30.3 Å². The van der Waals surface area contributed by atoms with Crippen LogP contribution in [0.1, 0.15) is 25.7 Å². The Morgan fingerprint density at radius 3 is 2.56 bits per heavy atom. The number of amides is 1. The number of nitrogens with zero attached hydrogens (tertiary/aromatic N) is 3. The van der Waals surface area contributed by atoms with Gasteiger partial charge in [0.15, 0.2) is 11.2 Å². The molecule has 11 heteroatoms. The Morgan fingerprint density at radius 1 is 1.00 bits per heavy atom. The van der Waals surface area contributed by atoms with E-state index in [2.05, 4.69) is 36.6 Å². The largest absolute Gasteiger partial charge is 0.367 e. The number of rotatable bonds is 3. The molecule has 0 unspecified atom stereocenters. The van der Waals surface area contributed by atoms with Gasteiger partial charge in [0.1, 0.15) is 12.1 Å². The van der Waals surface area contributed by atoms with Gasteiger partial charge in [-0.1, -0.05) is 18.2 Å². The van der Waals surface area contributed by atoms with Crippen LogP contribution >= 0.6 is 12.4 Å². The molecule has 5 rings (SSSR count). The number of imidazole rings is 1. The number of hydrogen-bond acceptors (Lipinski definition) is 6. The Balaban J connectivity index is 0.00000245. The number of hydrogen-bond donors (Lipinski definition) is 4. The third kappa shape index (κ3) is 4.22. The summed E-state index contributed by atoms with van der Waals surface area (Å²) in [5.74, 6) is 0.852. The van der Waals surface area contributed by atoms with E-state index in [1.54, 1.807) is 0 Å².